The van der Waals surface area contributed by atoms with E-state index in [0.717, 1.165) is 18.7 Å². The molecule has 3 atom stereocenters. The minimum absolute atomic E-state index is 0. The Labute approximate surface area is 158 Å². The number of nitrogens with zero attached hydrogens (tertiary/aromatic N) is 1. The number of aliphatic hydroxyl groups excluding tert-OH is 1. The first-order valence-electron chi connectivity index (χ1n) is 9.24. The average Bonchev–Trinajstić information content (AvgIpc) is 2.60. The van der Waals surface area contributed by atoms with Crippen molar-refractivity contribution in [2.45, 2.75) is 46.1 Å². The zero-order valence-corrected chi connectivity index (χ0v) is 16.5. The van der Waals surface area contributed by atoms with Gasteiger partial charge < -0.3 is 15.3 Å². The van der Waals surface area contributed by atoms with Crippen LogP contribution in [-0.2, 0) is 4.79 Å². The molecule has 142 valence electrons. The van der Waals surface area contributed by atoms with E-state index in [1.54, 1.807) is 4.90 Å². The summed E-state index contributed by atoms with van der Waals surface area (Å²) in [4.78, 5) is 14.4. The molecule has 0 radical (unpaired) electrons. The summed E-state index contributed by atoms with van der Waals surface area (Å²) in [6.07, 6.45) is 2.36. The number of hydrogen-bond acceptors (Lipinski definition) is 3. The molecule has 1 aromatic carbocycles. The molecule has 1 aliphatic heterocycles. The SMILES string of the molecule is CCN(CC(O)c1ccc(C)cc1)C(=O)CC(C)C1CCCNC1.Cl. The van der Waals surface area contributed by atoms with Gasteiger partial charge in [-0.05, 0) is 57.2 Å². The molecule has 2 N–H and O–H groups in total. The molecular formula is C20H33ClN2O2. The van der Waals surface area contributed by atoms with Crippen molar-refractivity contribution >= 4 is 18.3 Å². The lowest BCUT2D eigenvalue weighted by Crippen LogP contribution is -2.38. The number of halogens is 1. The number of likely N-dealkylation sites (N-methyl/N-ethyl adjacent to an activating group) is 1. The van der Waals surface area contributed by atoms with Crippen LogP contribution < -0.4 is 5.32 Å². The van der Waals surface area contributed by atoms with Crippen LogP contribution in [0.2, 0.25) is 0 Å². The molecule has 1 heterocycles. The second kappa shape index (κ2) is 10.8. The fourth-order valence-electron chi connectivity index (χ4n) is 3.45. The number of rotatable bonds is 7. The molecule has 0 aliphatic carbocycles. The zero-order valence-electron chi connectivity index (χ0n) is 15.7. The third kappa shape index (κ3) is 6.61. The third-order valence-electron chi connectivity index (χ3n) is 5.23. The van der Waals surface area contributed by atoms with Crippen molar-refractivity contribution in [3.63, 3.8) is 0 Å². The largest absolute Gasteiger partial charge is 0.387 e. The van der Waals surface area contributed by atoms with Gasteiger partial charge >= 0.3 is 0 Å². The maximum absolute atomic E-state index is 12.6. The van der Waals surface area contributed by atoms with E-state index in [2.05, 4.69) is 12.2 Å². The van der Waals surface area contributed by atoms with E-state index in [4.69, 9.17) is 0 Å². The van der Waals surface area contributed by atoms with Crippen molar-refractivity contribution in [3.05, 3.63) is 35.4 Å². The van der Waals surface area contributed by atoms with Crippen LogP contribution in [0.4, 0.5) is 0 Å². The van der Waals surface area contributed by atoms with E-state index in [9.17, 15) is 9.90 Å². The number of carbonyl (C=O) groups is 1. The Morgan fingerprint density at radius 3 is 2.60 bits per heavy atom. The van der Waals surface area contributed by atoms with Crippen molar-refractivity contribution in [1.29, 1.82) is 0 Å². The highest BCUT2D eigenvalue weighted by atomic mass is 35.5. The summed E-state index contributed by atoms with van der Waals surface area (Å²) in [5, 5.41) is 13.9. The second-order valence-electron chi connectivity index (χ2n) is 7.15. The van der Waals surface area contributed by atoms with E-state index in [-0.39, 0.29) is 18.3 Å². The second-order valence-corrected chi connectivity index (χ2v) is 7.15. The molecule has 1 aliphatic rings. The first-order chi connectivity index (χ1) is 11.5. The van der Waals surface area contributed by atoms with Gasteiger partial charge in [0.15, 0.2) is 0 Å². The van der Waals surface area contributed by atoms with Crippen LogP contribution in [0.3, 0.4) is 0 Å². The Bertz CT molecular complexity index is 515. The van der Waals surface area contributed by atoms with E-state index in [0.29, 0.717) is 31.3 Å². The minimum Gasteiger partial charge on any atom is -0.387 e. The zero-order chi connectivity index (χ0) is 17.5. The van der Waals surface area contributed by atoms with E-state index >= 15 is 0 Å². The fourth-order valence-corrected chi connectivity index (χ4v) is 3.45. The molecule has 25 heavy (non-hydrogen) atoms. The summed E-state index contributed by atoms with van der Waals surface area (Å²) in [6, 6.07) is 7.87. The van der Waals surface area contributed by atoms with Crippen molar-refractivity contribution in [3.8, 4) is 0 Å². The van der Waals surface area contributed by atoms with Crippen molar-refractivity contribution in [1.82, 2.24) is 10.2 Å². The van der Waals surface area contributed by atoms with E-state index in [1.165, 1.54) is 18.4 Å². The van der Waals surface area contributed by atoms with Crippen LogP contribution in [0.5, 0.6) is 0 Å². The van der Waals surface area contributed by atoms with Crippen LogP contribution in [0.15, 0.2) is 24.3 Å². The van der Waals surface area contributed by atoms with Crippen LogP contribution in [-0.4, -0.2) is 42.1 Å². The summed E-state index contributed by atoms with van der Waals surface area (Å²) in [7, 11) is 0. The van der Waals surface area contributed by atoms with Gasteiger partial charge in [0.2, 0.25) is 5.91 Å². The van der Waals surface area contributed by atoms with E-state index in [1.807, 2.05) is 38.1 Å². The van der Waals surface area contributed by atoms with E-state index < -0.39 is 6.10 Å². The Morgan fingerprint density at radius 1 is 1.36 bits per heavy atom. The van der Waals surface area contributed by atoms with Gasteiger partial charge in [0.1, 0.15) is 0 Å². The molecular weight excluding hydrogens is 336 g/mol. The maximum atomic E-state index is 12.6. The molecule has 1 amide bonds. The number of piperidine rings is 1. The summed E-state index contributed by atoms with van der Waals surface area (Å²) in [5.74, 6) is 1.13. The topological polar surface area (TPSA) is 52.6 Å². The van der Waals surface area contributed by atoms with Crippen LogP contribution in [0, 0.1) is 18.8 Å². The first-order valence-corrected chi connectivity index (χ1v) is 9.24. The molecule has 1 saturated heterocycles. The van der Waals surface area contributed by atoms with Gasteiger partial charge in [-0.15, -0.1) is 12.4 Å². The van der Waals surface area contributed by atoms with Crippen molar-refractivity contribution in [2.24, 2.45) is 11.8 Å². The lowest BCUT2D eigenvalue weighted by Gasteiger charge is -2.30. The molecule has 1 fully saturated rings. The first kappa shape index (κ1) is 21.9. The number of hydrogen-bond donors (Lipinski definition) is 2. The van der Waals surface area contributed by atoms with Crippen molar-refractivity contribution in [2.75, 3.05) is 26.2 Å². The maximum Gasteiger partial charge on any atom is 0.222 e. The Kier molecular flexibility index (Phi) is 9.47. The van der Waals surface area contributed by atoms with Crippen molar-refractivity contribution < 1.29 is 9.90 Å². The smallest absolute Gasteiger partial charge is 0.222 e. The molecule has 3 unspecified atom stereocenters. The molecule has 4 nitrogen and oxygen atoms in total. The van der Waals surface area contributed by atoms with Gasteiger partial charge in [0.05, 0.1) is 12.6 Å². The molecule has 0 aromatic heterocycles. The number of amides is 1. The molecule has 1 aromatic rings. The fraction of sp³-hybridized carbons (Fsp3) is 0.650. The third-order valence-corrected chi connectivity index (χ3v) is 5.23. The van der Waals surface area contributed by atoms with Crippen LogP contribution >= 0.6 is 12.4 Å². The highest BCUT2D eigenvalue weighted by Crippen LogP contribution is 2.24. The number of carbonyl (C=O) groups excluding carboxylic acids is 1. The molecule has 0 saturated carbocycles. The van der Waals surface area contributed by atoms with Gasteiger partial charge in [-0.2, -0.15) is 0 Å². The van der Waals surface area contributed by atoms with Gasteiger partial charge in [-0.3, -0.25) is 4.79 Å². The Morgan fingerprint density at radius 2 is 2.04 bits per heavy atom. The number of nitrogens with one attached hydrogen (secondary N) is 1. The lowest BCUT2D eigenvalue weighted by atomic mass is 9.85. The molecule has 2 rings (SSSR count). The molecule has 5 heteroatoms. The van der Waals surface area contributed by atoms with Crippen LogP contribution in [0.25, 0.3) is 0 Å². The Balaban J connectivity index is 0.00000312. The van der Waals surface area contributed by atoms with Gasteiger partial charge in [-0.25, -0.2) is 0 Å². The predicted octanol–water partition coefficient (Wildman–Crippen LogP) is 3.32. The van der Waals surface area contributed by atoms with Gasteiger partial charge in [0.25, 0.3) is 0 Å². The van der Waals surface area contributed by atoms with Gasteiger partial charge in [0, 0.05) is 13.0 Å². The highest BCUT2D eigenvalue weighted by Gasteiger charge is 2.25. The Hall–Kier alpha value is -1.10. The molecule has 0 bridgehead atoms. The summed E-state index contributed by atoms with van der Waals surface area (Å²) in [5.41, 5.74) is 2.04. The molecule has 0 spiro atoms. The monoisotopic (exact) mass is 368 g/mol. The minimum atomic E-state index is -0.624. The summed E-state index contributed by atoms with van der Waals surface area (Å²) < 4.78 is 0. The number of benzene rings is 1. The quantitative estimate of drug-likeness (QED) is 0.776. The lowest BCUT2D eigenvalue weighted by molar-refractivity contribution is -0.133. The highest BCUT2D eigenvalue weighted by molar-refractivity contribution is 5.85. The number of aryl methyl sites for hydroxylation is 1. The van der Waals surface area contributed by atoms with Crippen LogP contribution in [0.1, 0.15) is 50.3 Å². The average molecular weight is 369 g/mol. The van der Waals surface area contributed by atoms with Gasteiger partial charge in [-0.1, -0.05) is 36.8 Å². The predicted molar refractivity (Wildman–Crippen MR) is 105 cm³/mol. The standard InChI is InChI=1S/C20H32N2O2.ClH/c1-4-22(14-19(23)17-9-7-15(2)8-10-17)20(24)12-16(3)18-6-5-11-21-13-18;/h7-10,16,18-19,21,23H,4-6,11-14H2,1-3H3;1H. The normalized spacial score (nSPS) is 19.6. The summed E-state index contributed by atoms with van der Waals surface area (Å²) in [6.45, 7) is 9.31. The number of aliphatic hydroxyl groups is 1. The summed E-state index contributed by atoms with van der Waals surface area (Å²) >= 11 is 0.